The smallest absolute Gasteiger partial charge is 0.252 e. The minimum absolute atomic E-state index is 0.193. The number of nitrogens with one attached hydrogen (secondary N) is 3. The summed E-state index contributed by atoms with van der Waals surface area (Å²) in [5, 5.41) is 11.3. The van der Waals surface area contributed by atoms with Crippen LogP contribution in [0, 0.1) is 11.8 Å². The molecule has 2 heterocycles. The first kappa shape index (κ1) is 33.6. The van der Waals surface area contributed by atoms with Crippen molar-refractivity contribution in [3.63, 3.8) is 0 Å². The lowest BCUT2D eigenvalue weighted by Gasteiger charge is -2.35. The molecule has 0 bridgehead atoms. The second kappa shape index (κ2) is 15.7. The molecule has 0 aromatic heterocycles. The van der Waals surface area contributed by atoms with Gasteiger partial charge in [0.05, 0.1) is 13.2 Å². The summed E-state index contributed by atoms with van der Waals surface area (Å²) >= 11 is 3.50. The minimum Gasteiger partial charge on any atom is -0.355 e. The fourth-order valence-electron chi connectivity index (χ4n) is 7.14. The standard InChI is InChI=1S/C37H45BrN4O5/c38-32-11-10-29-19-31(9-8-30(29)20-32)34(43)41-37(14-4-5-15-37)36(45)40-33(18-26-6-2-1-3-7-26)35(44)39-21-27-12-16-42(17-13-27)22-28-23-46-25-47-24-28/h1-3,6-11,19-20,27-28,33H,4-5,12-18,21-25H2,(H,39,44)(H,40,45)(H,41,43)/t33-/m1/s1. The maximum absolute atomic E-state index is 14.1. The van der Waals surface area contributed by atoms with Gasteiger partial charge in [-0.15, -0.1) is 0 Å². The Morgan fingerprint density at radius 1 is 0.894 bits per heavy atom. The third-order valence-electron chi connectivity index (χ3n) is 9.88. The first-order valence-corrected chi connectivity index (χ1v) is 17.7. The van der Waals surface area contributed by atoms with Crippen molar-refractivity contribution >= 4 is 44.4 Å². The predicted octanol–water partition coefficient (Wildman–Crippen LogP) is 4.82. The molecule has 6 rings (SSSR count). The highest BCUT2D eigenvalue weighted by molar-refractivity contribution is 9.10. The van der Waals surface area contributed by atoms with Gasteiger partial charge >= 0.3 is 0 Å². The van der Waals surface area contributed by atoms with Crippen LogP contribution in [0.4, 0.5) is 0 Å². The second-order valence-corrected chi connectivity index (χ2v) is 14.3. The molecule has 3 amide bonds. The summed E-state index contributed by atoms with van der Waals surface area (Å²) < 4.78 is 11.9. The Hall–Kier alpha value is -3.31. The topological polar surface area (TPSA) is 109 Å². The number of halogens is 1. The SMILES string of the molecule is O=C(NC1(C(=O)N[C@H](Cc2ccccc2)C(=O)NCC2CCN(CC3COCOC3)CC2)CCCC1)c1ccc2cc(Br)ccc2c1. The average Bonchev–Trinajstić information content (AvgIpc) is 3.58. The molecular formula is C37H45BrN4O5. The molecule has 0 unspecified atom stereocenters. The van der Waals surface area contributed by atoms with Crippen LogP contribution in [-0.4, -0.2) is 80.4 Å². The zero-order chi connectivity index (χ0) is 32.6. The fourth-order valence-corrected chi connectivity index (χ4v) is 7.52. The molecule has 3 N–H and O–H groups in total. The summed E-state index contributed by atoms with van der Waals surface area (Å²) in [5.74, 6) is 0.0106. The van der Waals surface area contributed by atoms with Crippen LogP contribution in [0.5, 0.6) is 0 Å². The number of piperidine rings is 1. The summed E-state index contributed by atoms with van der Waals surface area (Å²) in [5.41, 5.74) is 0.399. The summed E-state index contributed by atoms with van der Waals surface area (Å²) in [4.78, 5) is 43.8. The lowest BCUT2D eigenvalue weighted by atomic mass is 9.93. The highest BCUT2D eigenvalue weighted by atomic mass is 79.9. The molecule has 3 fully saturated rings. The Morgan fingerprint density at radius 3 is 2.34 bits per heavy atom. The Kier molecular flexibility index (Phi) is 11.2. The van der Waals surface area contributed by atoms with E-state index in [0.717, 1.165) is 79.3 Å². The number of rotatable bonds is 11. The van der Waals surface area contributed by atoms with Crippen molar-refractivity contribution in [3.8, 4) is 0 Å². The monoisotopic (exact) mass is 704 g/mol. The molecule has 3 aliphatic rings. The summed E-state index contributed by atoms with van der Waals surface area (Å²) in [7, 11) is 0. The Balaban J connectivity index is 1.08. The number of hydrogen-bond acceptors (Lipinski definition) is 6. The zero-order valence-corrected chi connectivity index (χ0v) is 28.4. The summed E-state index contributed by atoms with van der Waals surface area (Å²) in [6, 6.07) is 20.5. The fraction of sp³-hybridized carbons (Fsp3) is 0.486. The third-order valence-corrected chi connectivity index (χ3v) is 10.4. The van der Waals surface area contributed by atoms with E-state index in [4.69, 9.17) is 9.47 Å². The van der Waals surface area contributed by atoms with Crippen LogP contribution < -0.4 is 16.0 Å². The normalized spacial score (nSPS) is 19.7. The van der Waals surface area contributed by atoms with Gasteiger partial charge in [0.1, 0.15) is 18.4 Å². The number of nitrogens with zero attached hydrogens (tertiary/aromatic N) is 1. The van der Waals surface area contributed by atoms with Crippen LogP contribution in [0.25, 0.3) is 10.8 Å². The highest BCUT2D eigenvalue weighted by Gasteiger charge is 2.44. The van der Waals surface area contributed by atoms with Gasteiger partial charge in [-0.3, -0.25) is 14.4 Å². The first-order valence-electron chi connectivity index (χ1n) is 16.9. The largest absolute Gasteiger partial charge is 0.355 e. The van der Waals surface area contributed by atoms with Gasteiger partial charge in [-0.25, -0.2) is 0 Å². The van der Waals surface area contributed by atoms with Crippen molar-refractivity contribution in [3.05, 3.63) is 82.3 Å². The number of benzene rings is 3. The quantitative estimate of drug-likeness (QED) is 0.264. The molecule has 1 aliphatic carbocycles. The average molecular weight is 706 g/mol. The van der Waals surface area contributed by atoms with E-state index < -0.39 is 11.6 Å². The zero-order valence-electron chi connectivity index (χ0n) is 26.8. The number of carbonyl (C=O) groups is 3. The number of likely N-dealkylation sites (tertiary alicyclic amines) is 1. The van der Waals surface area contributed by atoms with E-state index >= 15 is 0 Å². The number of hydrogen-bond donors (Lipinski definition) is 3. The van der Waals surface area contributed by atoms with Crippen LogP contribution in [0.2, 0.25) is 0 Å². The number of carbonyl (C=O) groups excluding carboxylic acids is 3. The summed E-state index contributed by atoms with van der Waals surface area (Å²) in [6.07, 6.45) is 5.10. The first-order chi connectivity index (χ1) is 22.9. The maximum Gasteiger partial charge on any atom is 0.252 e. The van der Waals surface area contributed by atoms with E-state index in [1.54, 1.807) is 6.07 Å². The van der Waals surface area contributed by atoms with Crippen molar-refractivity contribution in [1.82, 2.24) is 20.9 Å². The number of amides is 3. The van der Waals surface area contributed by atoms with Crippen molar-refractivity contribution in [2.45, 2.75) is 56.5 Å². The lowest BCUT2D eigenvalue weighted by Crippen LogP contribution is -2.61. The van der Waals surface area contributed by atoms with Crippen molar-refractivity contribution < 1.29 is 23.9 Å². The number of fused-ring (bicyclic) bond motifs is 1. The third kappa shape index (κ3) is 8.79. The molecule has 0 radical (unpaired) electrons. The van der Waals surface area contributed by atoms with Gasteiger partial charge in [0.25, 0.3) is 5.91 Å². The van der Waals surface area contributed by atoms with Crippen LogP contribution in [0.15, 0.2) is 71.2 Å². The predicted molar refractivity (Wildman–Crippen MR) is 185 cm³/mol. The van der Waals surface area contributed by atoms with Crippen molar-refractivity contribution in [2.24, 2.45) is 11.8 Å². The molecule has 9 nitrogen and oxygen atoms in total. The molecule has 0 spiro atoms. The molecule has 3 aromatic rings. The molecule has 250 valence electrons. The van der Waals surface area contributed by atoms with Crippen molar-refractivity contribution in [1.29, 1.82) is 0 Å². The van der Waals surface area contributed by atoms with E-state index in [1.165, 1.54) is 0 Å². The summed E-state index contributed by atoms with van der Waals surface area (Å²) in [6.45, 7) is 5.40. The molecule has 2 saturated heterocycles. The maximum atomic E-state index is 14.1. The number of ether oxygens (including phenoxy) is 2. The second-order valence-electron chi connectivity index (χ2n) is 13.4. The van der Waals surface area contributed by atoms with Gasteiger partial charge in [0.15, 0.2) is 0 Å². The van der Waals surface area contributed by atoms with E-state index in [9.17, 15) is 14.4 Å². The van der Waals surface area contributed by atoms with Gasteiger partial charge in [-0.05, 0) is 85.3 Å². The van der Waals surface area contributed by atoms with Crippen LogP contribution in [0.3, 0.4) is 0 Å². The lowest BCUT2D eigenvalue weighted by molar-refractivity contribution is -0.132. The van der Waals surface area contributed by atoms with Crippen LogP contribution in [-0.2, 0) is 25.5 Å². The van der Waals surface area contributed by atoms with E-state index in [-0.39, 0.29) is 17.7 Å². The molecule has 10 heteroatoms. The highest BCUT2D eigenvalue weighted by Crippen LogP contribution is 2.31. The van der Waals surface area contributed by atoms with Gasteiger partial charge < -0.3 is 30.3 Å². The Labute approximate surface area is 285 Å². The molecule has 1 atom stereocenters. The van der Waals surface area contributed by atoms with E-state index in [1.807, 2.05) is 60.7 Å². The van der Waals surface area contributed by atoms with Gasteiger partial charge in [0, 0.05) is 35.5 Å². The van der Waals surface area contributed by atoms with Gasteiger partial charge in [-0.2, -0.15) is 0 Å². The van der Waals surface area contributed by atoms with E-state index in [0.29, 0.717) is 50.0 Å². The van der Waals surface area contributed by atoms with Crippen LogP contribution >= 0.6 is 15.9 Å². The van der Waals surface area contributed by atoms with Gasteiger partial charge in [0.2, 0.25) is 11.8 Å². The molecular weight excluding hydrogens is 660 g/mol. The minimum atomic E-state index is -1.07. The van der Waals surface area contributed by atoms with Crippen molar-refractivity contribution in [2.75, 3.05) is 46.2 Å². The Morgan fingerprint density at radius 2 is 1.60 bits per heavy atom. The molecule has 3 aromatic carbocycles. The Bertz CT molecular complexity index is 1530. The van der Waals surface area contributed by atoms with Gasteiger partial charge in [-0.1, -0.05) is 71.2 Å². The molecule has 2 aliphatic heterocycles. The van der Waals surface area contributed by atoms with E-state index in [2.05, 4.69) is 36.8 Å². The van der Waals surface area contributed by atoms with Crippen LogP contribution in [0.1, 0.15) is 54.4 Å². The molecule has 1 saturated carbocycles. The molecule has 47 heavy (non-hydrogen) atoms.